The van der Waals surface area contributed by atoms with Gasteiger partial charge in [0.2, 0.25) is 5.91 Å². The van der Waals surface area contributed by atoms with Crippen LogP contribution in [0.5, 0.6) is 0 Å². The number of nitrogens with one attached hydrogen (secondary N) is 1. The summed E-state index contributed by atoms with van der Waals surface area (Å²) < 4.78 is 0. The van der Waals surface area contributed by atoms with Gasteiger partial charge in [-0.3, -0.25) is 4.79 Å². The van der Waals surface area contributed by atoms with Crippen LogP contribution in [0.4, 0.5) is 0 Å². The van der Waals surface area contributed by atoms with E-state index >= 15 is 0 Å². The van der Waals surface area contributed by atoms with Gasteiger partial charge >= 0.3 is 0 Å². The maximum Gasteiger partial charge on any atom is 0.240 e. The molecule has 1 aliphatic rings. The average molecular weight is 124 g/mol. The Morgan fingerprint density at radius 3 is 2.78 bits per heavy atom. The highest BCUT2D eigenvalue weighted by atomic mass is 16.2. The number of carbonyl (C=O) groups is 1. The van der Waals surface area contributed by atoms with Gasteiger partial charge in [0.1, 0.15) is 5.41 Å². The van der Waals surface area contributed by atoms with Crippen LogP contribution in [0.2, 0.25) is 0 Å². The Labute approximate surface area is 53.7 Å². The van der Waals surface area contributed by atoms with Crippen molar-refractivity contribution in [2.24, 2.45) is 5.41 Å². The summed E-state index contributed by atoms with van der Waals surface area (Å²) in [5.41, 5.74) is -0.750. The van der Waals surface area contributed by atoms with E-state index in [2.05, 4.69) is 5.32 Å². The van der Waals surface area contributed by atoms with Crippen LogP contribution in [-0.4, -0.2) is 12.5 Å². The molecule has 9 heavy (non-hydrogen) atoms. The lowest BCUT2D eigenvalue weighted by Crippen LogP contribution is -2.26. The van der Waals surface area contributed by atoms with Crippen LogP contribution in [0, 0.1) is 16.7 Å². The third-order valence-corrected chi connectivity index (χ3v) is 1.66. The third-order valence-electron chi connectivity index (χ3n) is 1.66. The molecule has 0 aliphatic carbocycles. The lowest BCUT2D eigenvalue weighted by atomic mass is 9.91. The molecular formula is C6H8N2O. The molecule has 0 saturated carbocycles. The maximum absolute atomic E-state index is 10.8. The second kappa shape index (κ2) is 1.73. The first kappa shape index (κ1) is 6.09. The molecule has 1 fully saturated rings. The fourth-order valence-electron chi connectivity index (χ4n) is 0.841. The van der Waals surface area contributed by atoms with E-state index in [4.69, 9.17) is 5.26 Å². The zero-order chi connectivity index (χ0) is 6.91. The monoisotopic (exact) mass is 124 g/mol. The minimum atomic E-state index is -0.750. The molecule has 3 nitrogen and oxygen atoms in total. The lowest BCUT2D eigenvalue weighted by Gasteiger charge is -2.06. The second-order valence-corrected chi connectivity index (χ2v) is 2.45. The molecule has 1 aliphatic heterocycles. The predicted octanol–water partition coefficient (Wildman–Crippen LogP) is 0.0362. The topological polar surface area (TPSA) is 52.9 Å². The highest BCUT2D eigenvalue weighted by Gasteiger charge is 2.37. The van der Waals surface area contributed by atoms with Gasteiger partial charge in [-0.25, -0.2) is 0 Å². The Morgan fingerprint density at radius 2 is 2.56 bits per heavy atom. The van der Waals surface area contributed by atoms with Crippen molar-refractivity contribution in [1.29, 1.82) is 5.26 Å². The SMILES string of the molecule is CC1(C#N)CCNC1=O. The van der Waals surface area contributed by atoms with Gasteiger partial charge in [0.05, 0.1) is 6.07 Å². The van der Waals surface area contributed by atoms with Crippen LogP contribution in [0.1, 0.15) is 13.3 Å². The zero-order valence-electron chi connectivity index (χ0n) is 5.27. The van der Waals surface area contributed by atoms with Crippen molar-refractivity contribution < 1.29 is 4.79 Å². The third kappa shape index (κ3) is 0.765. The summed E-state index contributed by atoms with van der Waals surface area (Å²) >= 11 is 0. The summed E-state index contributed by atoms with van der Waals surface area (Å²) in [6, 6.07) is 1.98. The Bertz CT molecular complexity index is 182. The Kier molecular flexibility index (Phi) is 1.17. The second-order valence-electron chi connectivity index (χ2n) is 2.45. The highest BCUT2D eigenvalue weighted by molar-refractivity contribution is 5.86. The normalized spacial score (nSPS) is 33.6. The maximum atomic E-state index is 10.8. The molecule has 0 radical (unpaired) electrons. The summed E-state index contributed by atoms with van der Waals surface area (Å²) in [5, 5.41) is 11.1. The highest BCUT2D eigenvalue weighted by Crippen LogP contribution is 2.23. The van der Waals surface area contributed by atoms with E-state index in [1.165, 1.54) is 0 Å². The van der Waals surface area contributed by atoms with Crippen LogP contribution in [0.15, 0.2) is 0 Å². The summed E-state index contributed by atoms with van der Waals surface area (Å²) in [7, 11) is 0. The minimum Gasteiger partial charge on any atom is -0.355 e. The molecule has 1 amide bonds. The standard InChI is InChI=1S/C6H8N2O/c1-6(4-7)2-3-8-5(6)9/h2-3H2,1H3,(H,8,9). The first-order chi connectivity index (χ1) is 4.19. The molecule has 1 N–H and O–H groups in total. The fourth-order valence-corrected chi connectivity index (χ4v) is 0.841. The molecule has 0 aromatic carbocycles. The van der Waals surface area contributed by atoms with Gasteiger partial charge in [-0.15, -0.1) is 0 Å². The van der Waals surface area contributed by atoms with Crippen molar-refractivity contribution in [2.45, 2.75) is 13.3 Å². The molecule has 1 heterocycles. The summed E-state index contributed by atoms with van der Waals surface area (Å²) in [4.78, 5) is 10.8. The molecule has 48 valence electrons. The van der Waals surface area contributed by atoms with Gasteiger partial charge in [-0.05, 0) is 13.3 Å². The van der Waals surface area contributed by atoms with Crippen LogP contribution < -0.4 is 5.32 Å². The molecule has 0 bridgehead atoms. The van der Waals surface area contributed by atoms with Crippen LogP contribution in [0.25, 0.3) is 0 Å². The Hall–Kier alpha value is -1.04. The van der Waals surface area contributed by atoms with E-state index in [0.29, 0.717) is 13.0 Å². The summed E-state index contributed by atoms with van der Waals surface area (Å²) in [6.45, 7) is 2.30. The first-order valence-electron chi connectivity index (χ1n) is 2.88. The van der Waals surface area contributed by atoms with Gasteiger partial charge in [0.15, 0.2) is 0 Å². The van der Waals surface area contributed by atoms with Crippen LogP contribution in [-0.2, 0) is 4.79 Å². The summed E-state index contributed by atoms with van der Waals surface area (Å²) in [5.74, 6) is -0.134. The number of nitriles is 1. The lowest BCUT2D eigenvalue weighted by molar-refractivity contribution is -0.124. The number of amides is 1. The van der Waals surface area contributed by atoms with E-state index in [1.807, 2.05) is 6.07 Å². The summed E-state index contributed by atoms with van der Waals surface area (Å²) in [6.07, 6.45) is 0.641. The van der Waals surface area contributed by atoms with Crippen LogP contribution in [0.3, 0.4) is 0 Å². The molecule has 1 atom stereocenters. The van der Waals surface area contributed by atoms with Crippen molar-refractivity contribution in [3.05, 3.63) is 0 Å². The average Bonchev–Trinajstić information content (AvgIpc) is 2.15. The zero-order valence-corrected chi connectivity index (χ0v) is 5.27. The van der Waals surface area contributed by atoms with E-state index in [0.717, 1.165) is 0 Å². The van der Waals surface area contributed by atoms with Crippen LogP contribution >= 0.6 is 0 Å². The Balaban J connectivity index is 2.82. The quantitative estimate of drug-likeness (QED) is 0.495. The predicted molar refractivity (Wildman–Crippen MR) is 31.3 cm³/mol. The van der Waals surface area contributed by atoms with Crippen molar-refractivity contribution in [3.63, 3.8) is 0 Å². The van der Waals surface area contributed by atoms with Crippen molar-refractivity contribution in [2.75, 3.05) is 6.54 Å². The number of rotatable bonds is 0. The minimum absolute atomic E-state index is 0.134. The number of nitrogens with zero attached hydrogens (tertiary/aromatic N) is 1. The van der Waals surface area contributed by atoms with Gasteiger partial charge in [0.25, 0.3) is 0 Å². The smallest absolute Gasteiger partial charge is 0.240 e. The van der Waals surface area contributed by atoms with Crippen molar-refractivity contribution in [3.8, 4) is 6.07 Å². The molecule has 3 heteroatoms. The molecule has 0 aromatic heterocycles. The molecule has 1 unspecified atom stereocenters. The van der Waals surface area contributed by atoms with E-state index in [-0.39, 0.29) is 5.91 Å². The number of carbonyl (C=O) groups excluding carboxylic acids is 1. The van der Waals surface area contributed by atoms with Crippen molar-refractivity contribution >= 4 is 5.91 Å². The van der Waals surface area contributed by atoms with Gasteiger partial charge < -0.3 is 5.32 Å². The number of hydrogen-bond acceptors (Lipinski definition) is 2. The Morgan fingerprint density at radius 1 is 1.89 bits per heavy atom. The van der Waals surface area contributed by atoms with Gasteiger partial charge in [0, 0.05) is 6.54 Å². The molecular weight excluding hydrogens is 116 g/mol. The number of hydrogen-bond donors (Lipinski definition) is 1. The van der Waals surface area contributed by atoms with E-state index in [1.54, 1.807) is 6.92 Å². The molecule has 0 spiro atoms. The first-order valence-corrected chi connectivity index (χ1v) is 2.88. The van der Waals surface area contributed by atoms with Crippen molar-refractivity contribution in [1.82, 2.24) is 5.32 Å². The molecule has 1 saturated heterocycles. The largest absolute Gasteiger partial charge is 0.355 e. The van der Waals surface area contributed by atoms with Gasteiger partial charge in [-0.1, -0.05) is 0 Å². The van der Waals surface area contributed by atoms with E-state index in [9.17, 15) is 4.79 Å². The molecule has 0 aromatic rings. The fraction of sp³-hybridized carbons (Fsp3) is 0.667. The van der Waals surface area contributed by atoms with E-state index < -0.39 is 5.41 Å². The molecule has 1 rings (SSSR count). The van der Waals surface area contributed by atoms with Gasteiger partial charge in [-0.2, -0.15) is 5.26 Å².